The zero-order valence-corrected chi connectivity index (χ0v) is 35.6. The lowest BCUT2D eigenvalue weighted by Gasteiger charge is -2.47. The minimum Gasteiger partial charge on any atom is -0.456 e. The van der Waals surface area contributed by atoms with E-state index in [1.807, 2.05) is 45.9 Å². The number of hydrogen-bond acceptors (Lipinski definition) is 12. The molecule has 3 heterocycles. The van der Waals surface area contributed by atoms with Crippen LogP contribution in [0.5, 0.6) is 0 Å². The highest BCUT2D eigenvalue weighted by molar-refractivity contribution is 6.39. The van der Waals surface area contributed by atoms with Crippen LogP contribution in [0.25, 0.3) is 0 Å². The SMILES string of the molecule is C/C=C\[C@@H]1/C=C(\C)C[C@H](C)C[C@H](OC)[C@H]2O[C@@](O)(C(=O)C(=O)N3CCCC[C@H]3C(=O)O[C@H](/C(C)=C/[C@@H]3CC[C@@H](O)[C@H](OC)C3)[C@H](C)[C@@H](O)CC1=O)[C@H](C)C[C@@H]2OC. The second kappa shape index (κ2) is 21.0. The molecule has 2 saturated heterocycles. The fourth-order valence-corrected chi connectivity index (χ4v) is 9.36. The van der Waals surface area contributed by atoms with Crippen LogP contribution < -0.4 is 0 Å². The second-order valence-electron chi connectivity index (χ2n) is 17.2. The number of ether oxygens (including phenoxy) is 5. The van der Waals surface area contributed by atoms with Crippen molar-refractivity contribution in [1.29, 1.82) is 0 Å². The van der Waals surface area contributed by atoms with Crippen molar-refractivity contribution in [2.75, 3.05) is 27.9 Å². The zero-order valence-electron chi connectivity index (χ0n) is 35.6. The van der Waals surface area contributed by atoms with E-state index in [1.54, 1.807) is 27.0 Å². The summed E-state index contributed by atoms with van der Waals surface area (Å²) in [6.45, 7) is 11.1. The summed E-state index contributed by atoms with van der Waals surface area (Å²) in [5, 5.41) is 34.1. The van der Waals surface area contributed by atoms with E-state index in [0.29, 0.717) is 50.5 Å². The first-order valence-electron chi connectivity index (χ1n) is 20.9. The highest BCUT2D eigenvalue weighted by atomic mass is 16.7. The minimum absolute atomic E-state index is 0.00872. The van der Waals surface area contributed by atoms with Gasteiger partial charge in [0.05, 0.1) is 36.4 Å². The van der Waals surface area contributed by atoms with Gasteiger partial charge in [-0.25, -0.2) is 4.79 Å². The molecule has 57 heavy (non-hydrogen) atoms. The number of ketones is 2. The van der Waals surface area contributed by atoms with Gasteiger partial charge in [-0.15, -0.1) is 0 Å². The molecule has 0 unspecified atom stereocenters. The molecule has 13 nitrogen and oxygen atoms in total. The van der Waals surface area contributed by atoms with Crippen LogP contribution in [-0.4, -0.2) is 126 Å². The number of carbonyl (C=O) groups is 4. The number of fused-ring (bicyclic) bond motifs is 3. The van der Waals surface area contributed by atoms with Gasteiger partial charge in [0.2, 0.25) is 5.79 Å². The van der Waals surface area contributed by atoms with E-state index in [0.717, 1.165) is 5.57 Å². The minimum atomic E-state index is -2.51. The number of cyclic esters (lactones) is 1. The number of hydrogen-bond donors (Lipinski definition) is 3. The van der Waals surface area contributed by atoms with E-state index < -0.39 is 83.9 Å². The quantitative estimate of drug-likeness (QED) is 0.193. The van der Waals surface area contributed by atoms with Crippen molar-refractivity contribution in [3.05, 3.63) is 35.5 Å². The molecule has 4 rings (SSSR count). The zero-order chi connectivity index (χ0) is 42.2. The smallest absolute Gasteiger partial charge is 0.329 e. The Morgan fingerprint density at radius 3 is 2.21 bits per heavy atom. The van der Waals surface area contributed by atoms with E-state index in [2.05, 4.69) is 0 Å². The van der Waals surface area contributed by atoms with Crippen molar-refractivity contribution in [3.63, 3.8) is 0 Å². The van der Waals surface area contributed by atoms with Crippen molar-refractivity contribution in [1.82, 2.24) is 4.90 Å². The highest BCUT2D eigenvalue weighted by Crippen LogP contribution is 2.39. The standard InChI is InChI=1S/C44H69NO12/c1-10-13-31-19-25(2)18-26(3)20-37(54-8)40-38(55-9)22-28(5)44(52,57-40)41(49)42(50)45-17-12-11-14-32(45)43(51)56-39(29(6)34(47)24-35(31)48)27(4)21-30-15-16-33(46)36(23-30)53-7/h10,13,19,21,26,28-34,36-40,46-47,52H,11-12,14-18,20,22-24H2,1-9H3/b13-10-,25-19+,27-21+/t26-,28+,29+,30-,31+,32-,33+,34-,36+,37-,38-,39+,40+,44+/m0/s1. The first-order chi connectivity index (χ1) is 27.0. The van der Waals surface area contributed by atoms with Crippen LogP contribution in [0.1, 0.15) is 106 Å². The van der Waals surface area contributed by atoms with Crippen molar-refractivity contribution >= 4 is 23.4 Å². The first kappa shape index (κ1) is 46.9. The number of rotatable bonds is 6. The summed E-state index contributed by atoms with van der Waals surface area (Å²) in [6.07, 6.45) is 6.50. The summed E-state index contributed by atoms with van der Waals surface area (Å²) >= 11 is 0. The fraction of sp³-hybridized carbons (Fsp3) is 0.773. The van der Waals surface area contributed by atoms with Crippen molar-refractivity contribution in [3.8, 4) is 0 Å². The maximum absolute atomic E-state index is 14.3. The lowest BCUT2D eigenvalue weighted by molar-refractivity contribution is -0.302. The molecule has 3 N–H and O–H groups in total. The van der Waals surface area contributed by atoms with Crippen LogP contribution in [0, 0.1) is 29.6 Å². The number of Topliss-reactive ketones (excluding diaryl/α,β-unsaturated/α-hetero) is 2. The monoisotopic (exact) mass is 803 g/mol. The molecular weight excluding hydrogens is 734 g/mol. The van der Waals surface area contributed by atoms with Crippen LogP contribution in [0.15, 0.2) is 35.5 Å². The van der Waals surface area contributed by atoms with Crippen molar-refractivity contribution in [2.45, 2.75) is 160 Å². The average molecular weight is 804 g/mol. The number of aliphatic hydroxyl groups is 3. The second-order valence-corrected chi connectivity index (χ2v) is 17.2. The molecule has 0 aromatic heterocycles. The molecule has 2 bridgehead atoms. The number of piperidine rings is 1. The number of carbonyl (C=O) groups excluding carboxylic acids is 4. The third-order valence-corrected chi connectivity index (χ3v) is 12.8. The predicted octanol–water partition coefficient (Wildman–Crippen LogP) is 4.64. The van der Waals surface area contributed by atoms with Gasteiger partial charge in [0.25, 0.3) is 11.7 Å². The number of amides is 1. The molecule has 14 atom stereocenters. The van der Waals surface area contributed by atoms with Gasteiger partial charge in [0, 0.05) is 46.1 Å². The third-order valence-electron chi connectivity index (χ3n) is 12.8. The number of aliphatic hydroxyl groups excluding tert-OH is 2. The molecule has 1 aliphatic carbocycles. The third kappa shape index (κ3) is 11.3. The molecule has 1 amide bonds. The first-order valence-corrected chi connectivity index (χ1v) is 20.9. The molecule has 1 saturated carbocycles. The normalized spacial score (nSPS) is 41.2. The van der Waals surface area contributed by atoms with Crippen molar-refractivity contribution in [2.24, 2.45) is 29.6 Å². The Balaban J connectivity index is 1.78. The Morgan fingerprint density at radius 2 is 1.56 bits per heavy atom. The topological polar surface area (TPSA) is 178 Å². The molecule has 0 aromatic carbocycles. The Morgan fingerprint density at radius 1 is 0.895 bits per heavy atom. The Labute approximate surface area is 339 Å². The van der Waals surface area contributed by atoms with Gasteiger partial charge in [0.1, 0.15) is 24.0 Å². The number of nitrogens with zero attached hydrogens (tertiary/aromatic N) is 1. The average Bonchev–Trinajstić information content (AvgIpc) is 3.18. The lowest BCUT2D eigenvalue weighted by atomic mass is 9.81. The summed E-state index contributed by atoms with van der Waals surface area (Å²) in [5.74, 6) is -7.82. The summed E-state index contributed by atoms with van der Waals surface area (Å²) in [7, 11) is 4.62. The van der Waals surface area contributed by atoms with Gasteiger partial charge >= 0.3 is 5.97 Å². The van der Waals surface area contributed by atoms with Crippen LogP contribution in [0.4, 0.5) is 0 Å². The summed E-state index contributed by atoms with van der Waals surface area (Å²) in [5.41, 5.74) is 1.61. The number of esters is 1. The van der Waals surface area contributed by atoms with Gasteiger partial charge < -0.3 is 43.9 Å². The molecule has 3 aliphatic heterocycles. The largest absolute Gasteiger partial charge is 0.456 e. The van der Waals surface area contributed by atoms with E-state index in [9.17, 15) is 34.5 Å². The summed E-state index contributed by atoms with van der Waals surface area (Å²) in [4.78, 5) is 57.8. The van der Waals surface area contributed by atoms with Crippen LogP contribution in [-0.2, 0) is 42.9 Å². The maximum Gasteiger partial charge on any atom is 0.329 e. The van der Waals surface area contributed by atoms with Crippen LogP contribution in [0.3, 0.4) is 0 Å². The number of methoxy groups -OCH3 is 3. The van der Waals surface area contributed by atoms with E-state index >= 15 is 0 Å². The predicted molar refractivity (Wildman–Crippen MR) is 213 cm³/mol. The molecule has 0 spiro atoms. The van der Waals surface area contributed by atoms with Gasteiger partial charge in [-0.3, -0.25) is 14.4 Å². The van der Waals surface area contributed by atoms with Crippen molar-refractivity contribution < 1.29 is 58.2 Å². The van der Waals surface area contributed by atoms with Gasteiger partial charge in [-0.1, -0.05) is 50.6 Å². The maximum atomic E-state index is 14.3. The molecule has 322 valence electrons. The Bertz CT molecular complexity index is 1490. The molecular formula is C44H69NO12. The molecule has 4 aliphatic rings. The van der Waals surface area contributed by atoms with E-state index in [1.165, 1.54) is 19.1 Å². The van der Waals surface area contributed by atoms with Crippen LogP contribution in [0.2, 0.25) is 0 Å². The van der Waals surface area contributed by atoms with Gasteiger partial charge in [-0.05, 0) is 96.0 Å². The molecule has 3 fully saturated rings. The Hall–Kier alpha value is -2.78. The Kier molecular flexibility index (Phi) is 17.2. The highest BCUT2D eigenvalue weighted by Gasteiger charge is 2.56. The summed E-state index contributed by atoms with van der Waals surface area (Å²) < 4.78 is 29.8. The van der Waals surface area contributed by atoms with E-state index in [-0.39, 0.29) is 49.5 Å². The van der Waals surface area contributed by atoms with E-state index in [4.69, 9.17) is 23.7 Å². The molecule has 0 radical (unpaired) electrons. The van der Waals surface area contributed by atoms with Gasteiger partial charge in [0.15, 0.2) is 0 Å². The number of allylic oxidation sites excluding steroid dienone is 5. The lowest BCUT2D eigenvalue weighted by Crippen LogP contribution is -2.64. The molecule has 13 heteroatoms. The van der Waals surface area contributed by atoms with Gasteiger partial charge in [-0.2, -0.15) is 0 Å². The molecule has 0 aromatic rings. The fourth-order valence-electron chi connectivity index (χ4n) is 9.36. The van der Waals surface area contributed by atoms with Crippen LogP contribution >= 0.6 is 0 Å². The summed E-state index contributed by atoms with van der Waals surface area (Å²) in [6, 6.07) is -1.14.